The van der Waals surface area contributed by atoms with Gasteiger partial charge in [0.2, 0.25) is 0 Å². The fraction of sp³-hybridized carbons (Fsp3) is 0.619. The van der Waals surface area contributed by atoms with Crippen LogP contribution in [0.3, 0.4) is 0 Å². The maximum absolute atomic E-state index is 12.7. The number of hydrogen-bond acceptors (Lipinski definition) is 5. The molecule has 0 radical (unpaired) electrons. The number of nitrogens with one attached hydrogen (secondary N) is 1. The normalized spacial score (nSPS) is 22.1. The number of benzene rings is 1. The molecule has 3 heterocycles. The third-order valence-electron chi connectivity index (χ3n) is 5.97. The number of hydrogen-bond donors (Lipinski definition) is 1. The number of methoxy groups -OCH3 is 2. The van der Waals surface area contributed by atoms with E-state index in [9.17, 15) is 4.79 Å². The largest absolute Gasteiger partial charge is 0.496 e. The Balaban J connectivity index is 1.49. The van der Waals surface area contributed by atoms with Crippen LogP contribution < -0.4 is 10.1 Å². The Kier molecular flexibility index (Phi) is 5.82. The first kappa shape index (κ1) is 19.2. The van der Waals surface area contributed by atoms with Gasteiger partial charge in [0.25, 0.3) is 0 Å². The maximum Gasteiger partial charge on any atom is 0.322 e. The summed E-state index contributed by atoms with van der Waals surface area (Å²) in [6.45, 7) is 3.77. The van der Waals surface area contributed by atoms with E-state index in [0.717, 1.165) is 62.6 Å². The van der Waals surface area contributed by atoms with E-state index in [2.05, 4.69) is 11.4 Å². The number of nitrogens with zero attached hydrogens (tertiary/aromatic N) is 2. The second-order valence-electron chi connectivity index (χ2n) is 7.79. The molecule has 152 valence electrons. The van der Waals surface area contributed by atoms with Gasteiger partial charge in [0.1, 0.15) is 11.6 Å². The summed E-state index contributed by atoms with van der Waals surface area (Å²) in [5.74, 6) is 2.40. The molecular weight excluding hydrogens is 358 g/mol. The molecule has 1 N–H and O–H groups in total. The first-order chi connectivity index (χ1) is 13.7. The topological polar surface area (TPSA) is 72.4 Å². The minimum absolute atomic E-state index is 0.0725. The molecule has 0 bridgehead atoms. The van der Waals surface area contributed by atoms with Gasteiger partial charge in [0.15, 0.2) is 0 Å². The van der Waals surface area contributed by atoms with Crippen LogP contribution in [0.1, 0.15) is 36.3 Å². The molecule has 1 aromatic rings. The van der Waals surface area contributed by atoms with Crippen molar-refractivity contribution >= 4 is 17.6 Å². The summed E-state index contributed by atoms with van der Waals surface area (Å²) in [6.07, 6.45) is 3.58. The highest BCUT2D eigenvalue weighted by Crippen LogP contribution is 2.42. The number of aliphatic imine (C=N–C) groups is 1. The zero-order valence-electron chi connectivity index (χ0n) is 16.7. The van der Waals surface area contributed by atoms with E-state index in [1.54, 1.807) is 14.2 Å². The van der Waals surface area contributed by atoms with Crippen LogP contribution in [-0.2, 0) is 15.9 Å². The average molecular weight is 387 g/mol. The Morgan fingerprint density at radius 3 is 2.86 bits per heavy atom. The van der Waals surface area contributed by atoms with E-state index in [4.69, 9.17) is 19.2 Å². The van der Waals surface area contributed by atoms with Gasteiger partial charge in [-0.1, -0.05) is 6.07 Å². The molecule has 1 aromatic carbocycles. The summed E-state index contributed by atoms with van der Waals surface area (Å²) < 4.78 is 16.3. The minimum atomic E-state index is -0.0725. The molecule has 3 aliphatic heterocycles. The zero-order valence-corrected chi connectivity index (χ0v) is 16.7. The second kappa shape index (κ2) is 8.49. The highest BCUT2D eigenvalue weighted by Gasteiger charge is 2.30. The van der Waals surface area contributed by atoms with E-state index in [1.165, 1.54) is 5.56 Å². The summed E-state index contributed by atoms with van der Waals surface area (Å²) >= 11 is 0. The van der Waals surface area contributed by atoms with Crippen molar-refractivity contribution in [2.45, 2.75) is 31.6 Å². The van der Waals surface area contributed by atoms with Gasteiger partial charge in [-0.15, -0.1) is 0 Å². The van der Waals surface area contributed by atoms with Crippen molar-refractivity contribution in [2.24, 2.45) is 10.9 Å². The lowest BCUT2D eigenvalue weighted by molar-refractivity contribution is 0.0854. The number of carbonyl (C=O) groups is 1. The van der Waals surface area contributed by atoms with Crippen LogP contribution in [0.2, 0.25) is 0 Å². The van der Waals surface area contributed by atoms with E-state index in [-0.39, 0.29) is 6.03 Å². The van der Waals surface area contributed by atoms with Crippen LogP contribution in [0.4, 0.5) is 10.5 Å². The number of carbonyl (C=O) groups excluding carboxylic acids is 1. The number of likely N-dealkylation sites (tertiary alicyclic amines) is 1. The molecule has 0 aromatic heterocycles. The number of ether oxygens (including phenoxy) is 3. The Morgan fingerprint density at radius 1 is 1.29 bits per heavy atom. The summed E-state index contributed by atoms with van der Waals surface area (Å²) in [4.78, 5) is 19.4. The molecule has 1 unspecified atom stereocenters. The van der Waals surface area contributed by atoms with Gasteiger partial charge in [-0.2, -0.15) is 0 Å². The third kappa shape index (κ3) is 3.86. The molecule has 0 aliphatic carbocycles. The van der Waals surface area contributed by atoms with Crippen molar-refractivity contribution < 1.29 is 19.0 Å². The van der Waals surface area contributed by atoms with Crippen molar-refractivity contribution in [2.75, 3.05) is 47.1 Å². The fourth-order valence-corrected chi connectivity index (χ4v) is 4.47. The molecule has 3 aliphatic rings. The van der Waals surface area contributed by atoms with Gasteiger partial charge in [-0.25, -0.2) is 9.79 Å². The van der Waals surface area contributed by atoms with Crippen molar-refractivity contribution in [3.05, 3.63) is 23.3 Å². The van der Waals surface area contributed by atoms with E-state index < -0.39 is 0 Å². The predicted molar refractivity (Wildman–Crippen MR) is 107 cm³/mol. The number of amidine groups is 1. The van der Waals surface area contributed by atoms with E-state index in [1.807, 2.05) is 11.0 Å². The van der Waals surface area contributed by atoms with Crippen molar-refractivity contribution in [1.82, 2.24) is 10.2 Å². The fourth-order valence-electron chi connectivity index (χ4n) is 4.47. The molecule has 1 atom stereocenters. The van der Waals surface area contributed by atoms with Crippen LogP contribution >= 0.6 is 0 Å². The molecule has 28 heavy (non-hydrogen) atoms. The van der Waals surface area contributed by atoms with Crippen LogP contribution in [0.15, 0.2) is 17.1 Å². The first-order valence-electron chi connectivity index (χ1n) is 10.1. The lowest BCUT2D eigenvalue weighted by atomic mass is 9.89. The SMILES string of the molecule is COCC1CCN(C(=O)NC2=Nc3c(C4CCOCC4)ccc(OC)c3C2)C1. The smallest absolute Gasteiger partial charge is 0.322 e. The lowest BCUT2D eigenvalue weighted by Crippen LogP contribution is -2.41. The Labute approximate surface area is 166 Å². The summed E-state index contributed by atoms with van der Waals surface area (Å²) in [7, 11) is 3.39. The van der Waals surface area contributed by atoms with Crippen LogP contribution in [-0.4, -0.2) is 63.9 Å². The first-order valence-corrected chi connectivity index (χ1v) is 10.1. The molecule has 4 rings (SSSR count). The van der Waals surface area contributed by atoms with Crippen LogP contribution in [0.5, 0.6) is 5.75 Å². The Hall–Kier alpha value is -2.12. The second-order valence-corrected chi connectivity index (χ2v) is 7.79. The molecule has 2 fully saturated rings. The molecule has 7 heteroatoms. The molecule has 2 amide bonds. The lowest BCUT2D eigenvalue weighted by Gasteiger charge is -2.24. The van der Waals surface area contributed by atoms with Crippen molar-refractivity contribution in [1.29, 1.82) is 0 Å². The molecule has 2 saturated heterocycles. The predicted octanol–water partition coefficient (Wildman–Crippen LogP) is 2.85. The van der Waals surface area contributed by atoms with Gasteiger partial charge in [-0.05, 0) is 36.8 Å². The van der Waals surface area contributed by atoms with Crippen molar-refractivity contribution in [3.63, 3.8) is 0 Å². The molecule has 0 saturated carbocycles. The van der Waals surface area contributed by atoms with Gasteiger partial charge < -0.3 is 19.1 Å². The Morgan fingerprint density at radius 2 is 2.11 bits per heavy atom. The summed E-state index contributed by atoms with van der Waals surface area (Å²) in [5.41, 5.74) is 3.28. The van der Waals surface area contributed by atoms with Gasteiger partial charge in [0, 0.05) is 51.3 Å². The third-order valence-corrected chi connectivity index (χ3v) is 5.97. The van der Waals surface area contributed by atoms with Crippen LogP contribution in [0.25, 0.3) is 0 Å². The van der Waals surface area contributed by atoms with E-state index >= 15 is 0 Å². The summed E-state index contributed by atoms with van der Waals surface area (Å²) in [6, 6.07) is 4.08. The van der Waals surface area contributed by atoms with Gasteiger partial charge >= 0.3 is 6.03 Å². The zero-order chi connectivity index (χ0) is 19.5. The minimum Gasteiger partial charge on any atom is -0.496 e. The average Bonchev–Trinajstić information content (AvgIpc) is 3.35. The van der Waals surface area contributed by atoms with E-state index in [0.29, 0.717) is 30.7 Å². The molecule has 7 nitrogen and oxygen atoms in total. The highest BCUT2D eigenvalue weighted by atomic mass is 16.5. The summed E-state index contributed by atoms with van der Waals surface area (Å²) in [5, 5.41) is 3.03. The highest BCUT2D eigenvalue weighted by molar-refractivity contribution is 6.03. The van der Waals surface area contributed by atoms with Crippen LogP contribution in [0, 0.1) is 5.92 Å². The maximum atomic E-state index is 12.7. The standard InChI is InChI=1S/C21H29N3O4/c1-26-13-14-5-8-24(12-14)21(25)23-19-11-17-18(27-2)4-3-16(20(17)22-19)15-6-9-28-10-7-15/h3-4,14-15H,5-13H2,1-2H3,(H,22,23,25). The van der Waals surface area contributed by atoms with Crippen molar-refractivity contribution in [3.8, 4) is 5.75 Å². The number of amides is 2. The number of urea groups is 1. The Bertz CT molecular complexity index is 758. The van der Waals surface area contributed by atoms with Gasteiger partial charge in [0.05, 0.1) is 19.4 Å². The quantitative estimate of drug-likeness (QED) is 0.862. The molecular formula is C21H29N3O4. The number of rotatable bonds is 4. The van der Waals surface area contributed by atoms with Gasteiger partial charge in [-0.3, -0.25) is 5.32 Å². The monoisotopic (exact) mass is 387 g/mol. The molecule has 0 spiro atoms. The number of fused-ring (bicyclic) bond motifs is 1.